The van der Waals surface area contributed by atoms with Crippen LogP contribution in [0.4, 0.5) is 11.4 Å². The van der Waals surface area contributed by atoms with Crippen LogP contribution in [0.15, 0.2) is 94.7 Å². The van der Waals surface area contributed by atoms with Gasteiger partial charge in [-0.05, 0) is 73.5 Å². The second-order valence-corrected chi connectivity index (χ2v) is 10.9. The van der Waals surface area contributed by atoms with Crippen LogP contribution in [-0.2, 0) is 0 Å². The third-order valence-corrected chi connectivity index (χ3v) is 8.82. The molecular weight excluding hydrogens is 531 g/mol. The predicted octanol–water partition coefficient (Wildman–Crippen LogP) is 8.91. The van der Waals surface area contributed by atoms with Gasteiger partial charge in [-0.15, -0.1) is 0 Å². The lowest BCUT2D eigenvalue weighted by atomic mass is 10.1. The maximum Gasteiger partial charge on any atom is 0.256 e. The normalized spacial score (nSPS) is 10.7. The van der Waals surface area contributed by atoms with Crippen LogP contribution in [0, 0.1) is 13.8 Å². The molecule has 0 spiro atoms. The van der Waals surface area contributed by atoms with Crippen LogP contribution < -0.4 is 10.6 Å². The molecule has 4 nitrogen and oxygen atoms in total. The number of amides is 2. The van der Waals surface area contributed by atoms with E-state index in [1.165, 1.54) is 21.6 Å². The summed E-state index contributed by atoms with van der Waals surface area (Å²) in [6.45, 7) is 3.72. The van der Waals surface area contributed by atoms with E-state index in [1.807, 2.05) is 62.4 Å². The fourth-order valence-electron chi connectivity index (χ4n) is 3.41. The highest BCUT2D eigenvalue weighted by Crippen LogP contribution is 2.41. The zero-order valence-corrected chi connectivity index (χ0v) is 22.6. The standard InChI is InChI=1S/C28H22Cl2N2O2S2/c1-17-21(29)11-7-13-23(17)31-27(33)19-9-3-5-15-25(19)35-36-26-16-6-4-10-20(26)28(34)32-24-14-8-12-22(30)18(24)2/h3-16H,1-2H3,(H,31,33)(H,32,34). The Morgan fingerprint density at radius 2 is 0.972 bits per heavy atom. The quantitative estimate of drug-likeness (QED) is 0.224. The van der Waals surface area contributed by atoms with Crippen molar-refractivity contribution in [3.63, 3.8) is 0 Å². The largest absolute Gasteiger partial charge is 0.322 e. The van der Waals surface area contributed by atoms with Crippen LogP contribution in [-0.4, -0.2) is 11.8 Å². The van der Waals surface area contributed by atoms with Gasteiger partial charge in [0, 0.05) is 31.2 Å². The minimum Gasteiger partial charge on any atom is -0.322 e. The van der Waals surface area contributed by atoms with E-state index in [-0.39, 0.29) is 11.8 Å². The molecule has 0 fully saturated rings. The average molecular weight is 554 g/mol. The van der Waals surface area contributed by atoms with E-state index in [0.717, 1.165) is 20.9 Å². The molecule has 4 aromatic rings. The Hall–Kier alpha value is -2.90. The first-order valence-electron chi connectivity index (χ1n) is 11.0. The van der Waals surface area contributed by atoms with Crippen molar-refractivity contribution < 1.29 is 9.59 Å². The van der Waals surface area contributed by atoms with Crippen LogP contribution in [0.1, 0.15) is 31.8 Å². The van der Waals surface area contributed by atoms with Crippen LogP contribution in [0.3, 0.4) is 0 Å². The maximum atomic E-state index is 13.1. The molecule has 0 saturated carbocycles. The Kier molecular flexibility index (Phi) is 8.64. The van der Waals surface area contributed by atoms with Gasteiger partial charge in [0.05, 0.1) is 11.1 Å². The zero-order chi connectivity index (χ0) is 25.7. The Morgan fingerprint density at radius 3 is 1.39 bits per heavy atom. The first kappa shape index (κ1) is 26.2. The third-order valence-electron chi connectivity index (χ3n) is 5.52. The summed E-state index contributed by atoms with van der Waals surface area (Å²) >= 11 is 12.4. The van der Waals surface area contributed by atoms with E-state index in [4.69, 9.17) is 23.2 Å². The molecule has 0 aliphatic heterocycles. The monoisotopic (exact) mass is 552 g/mol. The van der Waals surface area contributed by atoms with Crippen molar-refractivity contribution in [1.29, 1.82) is 0 Å². The minimum absolute atomic E-state index is 0.230. The summed E-state index contributed by atoms with van der Waals surface area (Å²) < 4.78 is 0. The van der Waals surface area contributed by atoms with Gasteiger partial charge >= 0.3 is 0 Å². The maximum absolute atomic E-state index is 13.1. The van der Waals surface area contributed by atoms with Gasteiger partial charge in [0.15, 0.2) is 0 Å². The number of nitrogens with one attached hydrogen (secondary N) is 2. The first-order chi connectivity index (χ1) is 17.3. The molecular formula is C28H22Cl2N2O2S2. The summed E-state index contributed by atoms with van der Waals surface area (Å²) in [6, 6.07) is 25.5. The third kappa shape index (κ3) is 6.08. The van der Waals surface area contributed by atoms with Gasteiger partial charge in [-0.2, -0.15) is 0 Å². The Balaban J connectivity index is 1.52. The fraction of sp³-hybridized carbons (Fsp3) is 0.0714. The molecule has 0 aliphatic carbocycles. The number of hydrogen-bond acceptors (Lipinski definition) is 4. The molecule has 4 rings (SSSR count). The highest BCUT2D eigenvalue weighted by atomic mass is 35.5. The second-order valence-electron chi connectivity index (χ2n) is 7.89. The molecule has 182 valence electrons. The highest BCUT2D eigenvalue weighted by molar-refractivity contribution is 8.76. The molecule has 0 aromatic heterocycles. The Labute approximate surface area is 228 Å². The van der Waals surface area contributed by atoms with Crippen LogP contribution in [0.5, 0.6) is 0 Å². The molecule has 0 heterocycles. The molecule has 0 atom stereocenters. The second kappa shape index (κ2) is 11.9. The summed E-state index contributed by atoms with van der Waals surface area (Å²) in [5.41, 5.74) is 4.01. The summed E-state index contributed by atoms with van der Waals surface area (Å²) in [5.74, 6) is -0.460. The molecule has 0 unspecified atom stereocenters. The summed E-state index contributed by atoms with van der Waals surface area (Å²) in [6.07, 6.45) is 0. The number of carbonyl (C=O) groups is 2. The van der Waals surface area contributed by atoms with Gasteiger partial charge < -0.3 is 10.6 Å². The number of rotatable bonds is 7. The van der Waals surface area contributed by atoms with E-state index in [0.29, 0.717) is 32.5 Å². The average Bonchev–Trinajstić information content (AvgIpc) is 2.88. The van der Waals surface area contributed by atoms with Gasteiger partial charge in [0.25, 0.3) is 11.8 Å². The van der Waals surface area contributed by atoms with Crippen molar-refractivity contribution in [3.05, 3.63) is 117 Å². The predicted molar refractivity (Wildman–Crippen MR) is 153 cm³/mol. The minimum atomic E-state index is -0.230. The van der Waals surface area contributed by atoms with E-state index >= 15 is 0 Å². The van der Waals surface area contributed by atoms with Crippen molar-refractivity contribution >= 4 is 68.0 Å². The molecule has 8 heteroatoms. The number of benzene rings is 4. The number of hydrogen-bond donors (Lipinski definition) is 2. The van der Waals surface area contributed by atoms with Crippen LogP contribution in [0.2, 0.25) is 10.0 Å². The highest BCUT2D eigenvalue weighted by Gasteiger charge is 2.17. The lowest BCUT2D eigenvalue weighted by Gasteiger charge is -2.13. The van der Waals surface area contributed by atoms with E-state index < -0.39 is 0 Å². The van der Waals surface area contributed by atoms with Crippen molar-refractivity contribution in [1.82, 2.24) is 0 Å². The van der Waals surface area contributed by atoms with Gasteiger partial charge in [-0.1, -0.05) is 81.2 Å². The summed E-state index contributed by atoms with van der Waals surface area (Å²) in [7, 11) is 2.84. The lowest BCUT2D eigenvalue weighted by Crippen LogP contribution is -2.14. The number of anilines is 2. The first-order valence-corrected chi connectivity index (χ1v) is 13.9. The number of halogens is 2. The van der Waals surface area contributed by atoms with Crippen molar-refractivity contribution in [2.75, 3.05) is 10.6 Å². The van der Waals surface area contributed by atoms with Crippen LogP contribution in [0.25, 0.3) is 0 Å². The molecule has 0 aliphatic rings. The van der Waals surface area contributed by atoms with E-state index in [9.17, 15) is 9.59 Å². The van der Waals surface area contributed by atoms with Crippen molar-refractivity contribution in [2.45, 2.75) is 23.6 Å². The van der Waals surface area contributed by atoms with Gasteiger partial charge in [0.1, 0.15) is 0 Å². The summed E-state index contributed by atoms with van der Waals surface area (Å²) in [4.78, 5) is 27.7. The molecule has 0 bridgehead atoms. The lowest BCUT2D eigenvalue weighted by molar-refractivity contribution is 0.101. The molecule has 0 radical (unpaired) electrons. The smallest absolute Gasteiger partial charge is 0.256 e. The molecule has 0 saturated heterocycles. The fourth-order valence-corrected chi connectivity index (χ4v) is 6.12. The van der Waals surface area contributed by atoms with Gasteiger partial charge in [0.2, 0.25) is 0 Å². The van der Waals surface area contributed by atoms with E-state index in [2.05, 4.69) is 10.6 Å². The van der Waals surface area contributed by atoms with Crippen molar-refractivity contribution in [3.8, 4) is 0 Å². The molecule has 4 aromatic carbocycles. The zero-order valence-electron chi connectivity index (χ0n) is 19.5. The van der Waals surface area contributed by atoms with E-state index in [1.54, 1.807) is 36.4 Å². The summed E-state index contributed by atoms with van der Waals surface area (Å²) in [5, 5.41) is 7.09. The van der Waals surface area contributed by atoms with Gasteiger partial charge in [-0.3, -0.25) is 9.59 Å². The Bertz CT molecular complexity index is 1330. The van der Waals surface area contributed by atoms with Gasteiger partial charge in [-0.25, -0.2) is 0 Å². The van der Waals surface area contributed by atoms with Crippen molar-refractivity contribution in [2.24, 2.45) is 0 Å². The molecule has 2 amide bonds. The molecule has 36 heavy (non-hydrogen) atoms. The number of carbonyl (C=O) groups excluding carboxylic acids is 2. The topological polar surface area (TPSA) is 58.2 Å². The SMILES string of the molecule is Cc1c(Cl)cccc1NC(=O)c1ccccc1SSc1ccccc1C(=O)Nc1cccc(Cl)c1C. The van der Waals surface area contributed by atoms with Crippen LogP contribution >= 0.6 is 44.8 Å². The Morgan fingerprint density at radius 1 is 0.583 bits per heavy atom. The molecule has 2 N–H and O–H groups in total.